The summed E-state index contributed by atoms with van der Waals surface area (Å²) in [4.78, 5) is 11.5. The van der Waals surface area contributed by atoms with Crippen LogP contribution < -0.4 is 15.5 Å². The van der Waals surface area contributed by atoms with Crippen LogP contribution in [-0.2, 0) is 0 Å². The van der Waals surface area contributed by atoms with E-state index < -0.39 is 0 Å². The first-order valence-corrected chi connectivity index (χ1v) is 9.91. The molecule has 0 aromatic carbocycles. The molecule has 2 N–H and O–H groups in total. The number of hydrogen-bond acceptors (Lipinski definition) is 6. The molecule has 27 heavy (non-hydrogen) atoms. The average molecular weight is 365 g/mol. The molecule has 1 unspecified atom stereocenters. The number of pyridine rings is 1. The number of anilines is 2. The number of aromatic nitrogens is 4. The van der Waals surface area contributed by atoms with Crippen LogP contribution >= 0.6 is 0 Å². The summed E-state index contributed by atoms with van der Waals surface area (Å²) in [6, 6.07) is 10.6. The van der Waals surface area contributed by atoms with E-state index in [0.717, 1.165) is 61.3 Å². The monoisotopic (exact) mass is 365 g/mol. The van der Waals surface area contributed by atoms with Crippen molar-refractivity contribution in [3.8, 4) is 11.4 Å². The number of rotatable bonds is 4. The third-order valence-electron chi connectivity index (χ3n) is 4.95. The van der Waals surface area contributed by atoms with Crippen molar-refractivity contribution in [3.63, 3.8) is 0 Å². The van der Waals surface area contributed by atoms with E-state index in [-0.39, 0.29) is 0 Å². The van der Waals surface area contributed by atoms with Gasteiger partial charge in [0.05, 0.1) is 11.9 Å². The second kappa shape index (κ2) is 7.92. The predicted octanol–water partition coefficient (Wildman–Crippen LogP) is 2.80. The maximum absolute atomic E-state index is 4.78. The molecule has 0 saturated carbocycles. The molecule has 2 saturated heterocycles. The first-order valence-electron chi connectivity index (χ1n) is 9.91. The van der Waals surface area contributed by atoms with Gasteiger partial charge in [0.15, 0.2) is 5.65 Å². The van der Waals surface area contributed by atoms with Crippen molar-refractivity contribution in [2.45, 2.75) is 32.7 Å². The Morgan fingerprint density at radius 2 is 2.04 bits per heavy atom. The van der Waals surface area contributed by atoms with Crippen LogP contribution in [0.4, 0.5) is 11.6 Å². The molecule has 1 atom stereocenters. The van der Waals surface area contributed by atoms with Crippen molar-refractivity contribution in [2.24, 2.45) is 0 Å². The van der Waals surface area contributed by atoms with Gasteiger partial charge in [-0.1, -0.05) is 19.9 Å². The molecule has 2 fully saturated rings. The fraction of sp³-hybridized carbons (Fsp3) is 0.450. The molecule has 2 aliphatic heterocycles. The Bertz CT molecular complexity index is 894. The van der Waals surface area contributed by atoms with E-state index in [1.54, 1.807) is 0 Å². The zero-order valence-electron chi connectivity index (χ0n) is 16.0. The number of imidazole rings is 1. The highest BCUT2D eigenvalue weighted by atomic mass is 15.3. The van der Waals surface area contributed by atoms with Gasteiger partial charge in [-0.25, -0.2) is 14.5 Å². The highest BCUT2D eigenvalue weighted by Gasteiger charge is 2.18. The number of nitrogens with zero attached hydrogens (tertiary/aromatic N) is 5. The van der Waals surface area contributed by atoms with Crippen LogP contribution in [0.2, 0.25) is 0 Å². The van der Waals surface area contributed by atoms with Crippen molar-refractivity contribution in [3.05, 3.63) is 36.5 Å². The van der Waals surface area contributed by atoms with Crippen molar-refractivity contribution >= 4 is 17.3 Å². The van der Waals surface area contributed by atoms with E-state index in [2.05, 4.69) is 20.5 Å². The van der Waals surface area contributed by atoms with Gasteiger partial charge in [0.1, 0.15) is 17.3 Å². The van der Waals surface area contributed by atoms with Gasteiger partial charge in [0.2, 0.25) is 0 Å². The Morgan fingerprint density at radius 1 is 1.15 bits per heavy atom. The molecular weight excluding hydrogens is 338 g/mol. The summed E-state index contributed by atoms with van der Waals surface area (Å²) in [5, 5.41) is 11.7. The van der Waals surface area contributed by atoms with E-state index >= 15 is 0 Å². The number of nitrogens with one attached hydrogen (secondary N) is 2. The summed E-state index contributed by atoms with van der Waals surface area (Å²) in [6.07, 6.45) is 4.22. The lowest BCUT2D eigenvalue weighted by Crippen LogP contribution is -2.37. The molecule has 0 spiro atoms. The summed E-state index contributed by atoms with van der Waals surface area (Å²) >= 11 is 0. The zero-order chi connectivity index (χ0) is 18.6. The largest absolute Gasteiger partial charge is 0.366 e. The summed E-state index contributed by atoms with van der Waals surface area (Å²) in [5.41, 5.74) is 2.65. The van der Waals surface area contributed by atoms with Crippen molar-refractivity contribution in [2.75, 3.05) is 36.4 Å². The maximum Gasteiger partial charge on any atom is 0.154 e. The Balaban J connectivity index is 0.000000872. The fourth-order valence-corrected chi connectivity index (χ4v) is 3.40. The molecule has 0 aliphatic carbocycles. The molecule has 7 nitrogen and oxygen atoms in total. The minimum Gasteiger partial charge on any atom is -0.366 e. The highest BCUT2D eigenvalue weighted by molar-refractivity contribution is 5.62. The lowest BCUT2D eigenvalue weighted by molar-refractivity contribution is 0.603. The number of hydrogen-bond donors (Lipinski definition) is 2. The van der Waals surface area contributed by atoms with E-state index in [1.165, 1.54) is 6.42 Å². The normalized spacial score (nSPS) is 18.7. The van der Waals surface area contributed by atoms with E-state index in [0.29, 0.717) is 6.04 Å². The van der Waals surface area contributed by atoms with Gasteiger partial charge < -0.3 is 15.5 Å². The molecule has 0 radical (unpaired) electrons. The highest BCUT2D eigenvalue weighted by Crippen LogP contribution is 2.23. The topological polar surface area (TPSA) is 70.4 Å². The number of fused-ring (bicyclic) bond motifs is 1. The summed E-state index contributed by atoms with van der Waals surface area (Å²) in [7, 11) is 0. The van der Waals surface area contributed by atoms with Crippen LogP contribution in [0.25, 0.3) is 17.0 Å². The first kappa shape index (κ1) is 17.7. The van der Waals surface area contributed by atoms with Crippen molar-refractivity contribution in [1.82, 2.24) is 24.9 Å². The quantitative estimate of drug-likeness (QED) is 0.741. The maximum atomic E-state index is 4.78. The van der Waals surface area contributed by atoms with Crippen LogP contribution in [0, 0.1) is 0 Å². The molecule has 2 aliphatic rings. The smallest absolute Gasteiger partial charge is 0.154 e. The third-order valence-corrected chi connectivity index (χ3v) is 4.95. The van der Waals surface area contributed by atoms with Gasteiger partial charge >= 0.3 is 0 Å². The molecule has 5 heterocycles. The SMILES string of the molecule is CC.c1cc(NC2CCNC2)nc(-c2cnc3ccc(N4CCC4)nn23)c1. The van der Waals surface area contributed by atoms with Crippen molar-refractivity contribution in [1.29, 1.82) is 0 Å². The van der Waals surface area contributed by atoms with Crippen molar-refractivity contribution < 1.29 is 0 Å². The molecule has 3 aromatic rings. The van der Waals surface area contributed by atoms with Gasteiger partial charge in [-0.2, -0.15) is 0 Å². The van der Waals surface area contributed by atoms with Gasteiger partial charge in [-0.15, -0.1) is 5.10 Å². The molecule has 0 amide bonds. The molecular formula is C20H27N7. The molecule has 5 rings (SSSR count). The fourth-order valence-electron chi connectivity index (χ4n) is 3.40. The van der Waals surface area contributed by atoms with E-state index in [9.17, 15) is 0 Å². The first-order chi connectivity index (χ1) is 13.4. The molecule has 0 bridgehead atoms. The van der Waals surface area contributed by atoms with E-state index in [4.69, 9.17) is 10.1 Å². The van der Waals surface area contributed by atoms with Gasteiger partial charge in [0.25, 0.3) is 0 Å². The second-order valence-electron chi connectivity index (χ2n) is 6.69. The lowest BCUT2D eigenvalue weighted by atomic mass is 10.2. The Kier molecular flexibility index (Phi) is 5.20. The third kappa shape index (κ3) is 3.60. The summed E-state index contributed by atoms with van der Waals surface area (Å²) in [5.74, 6) is 1.91. The van der Waals surface area contributed by atoms with Gasteiger partial charge in [0, 0.05) is 25.7 Å². The van der Waals surface area contributed by atoms with Gasteiger partial charge in [-0.05, 0) is 43.7 Å². The van der Waals surface area contributed by atoms with Gasteiger partial charge in [-0.3, -0.25) is 0 Å². The Labute approximate surface area is 159 Å². The minimum atomic E-state index is 0.445. The Hall–Kier alpha value is -2.67. The van der Waals surface area contributed by atoms with Crippen LogP contribution in [0.15, 0.2) is 36.5 Å². The van der Waals surface area contributed by atoms with Crippen LogP contribution in [0.3, 0.4) is 0 Å². The standard InChI is InChI=1S/C18H21N7.C2H6/c1-3-14(22-16(4-1)21-13-7-8-19-11-13)15-12-20-17-5-6-18(23-25(15)17)24-9-2-10-24;1-2/h1,3-6,12-13,19H,2,7-11H2,(H,21,22);1-2H3. The average Bonchev–Trinajstić information content (AvgIpc) is 3.32. The minimum absolute atomic E-state index is 0.445. The lowest BCUT2D eigenvalue weighted by Gasteiger charge is -2.31. The van der Waals surface area contributed by atoms with E-state index in [1.807, 2.05) is 54.9 Å². The van der Waals surface area contributed by atoms with Crippen LogP contribution in [0.5, 0.6) is 0 Å². The van der Waals surface area contributed by atoms with Crippen LogP contribution in [0.1, 0.15) is 26.7 Å². The van der Waals surface area contributed by atoms with Crippen LogP contribution in [-0.4, -0.2) is 51.8 Å². The molecule has 142 valence electrons. The Morgan fingerprint density at radius 3 is 2.78 bits per heavy atom. The predicted molar refractivity (Wildman–Crippen MR) is 109 cm³/mol. The molecule has 3 aromatic heterocycles. The summed E-state index contributed by atoms with van der Waals surface area (Å²) in [6.45, 7) is 8.21. The summed E-state index contributed by atoms with van der Waals surface area (Å²) < 4.78 is 1.90. The molecule has 7 heteroatoms. The zero-order valence-corrected chi connectivity index (χ0v) is 16.0. The second-order valence-corrected chi connectivity index (χ2v) is 6.69.